The van der Waals surface area contributed by atoms with Crippen LogP contribution in [-0.2, 0) is 16.8 Å². The minimum atomic E-state index is -0.0586. The SMILES string of the molecule is CC(C)(C)c1ccc(NC(=O)Cn2cnc3ccccc32)cc1. The zero-order chi connectivity index (χ0) is 16.4. The molecule has 0 atom stereocenters. The predicted octanol–water partition coefficient (Wildman–Crippen LogP) is 3.97. The van der Waals surface area contributed by atoms with Gasteiger partial charge in [-0.1, -0.05) is 45.0 Å². The molecule has 23 heavy (non-hydrogen) atoms. The fourth-order valence-electron chi connectivity index (χ4n) is 2.55. The Hall–Kier alpha value is -2.62. The van der Waals surface area contributed by atoms with Crippen LogP contribution < -0.4 is 5.32 Å². The number of hydrogen-bond donors (Lipinski definition) is 1. The van der Waals surface area contributed by atoms with Gasteiger partial charge in [-0.3, -0.25) is 4.79 Å². The van der Waals surface area contributed by atoms with Crippen molar-refractivity contribution in [2.75, 3.05) is 5.32 Å². The van der Waals surface area contributed by atoms with Gasteiger partial charge in [-0.15, -0.1) is 0 Å². The van der Waals surface area contributed by atoms with Crippen molar-refractivity contribution in [2.45, 2.75) is 32.7 Å². The van der Waals surface area contributed by atoms with Gasteiger partial charge >= 0.3 is 0 Å². The van der Waals surface area contributed by atoms with Gasteiger partial charge in [0.2, 0.25) is 5.91 Å². The average molecular weight is 307 g/mol. The quantitative estimate of drug-likeness (QED) is 0.796. The van der Waals surface area contributed by atoms with E-state index in [1.807, 2.05) is 41.0 Å². The van der Waals surface area contributed by atoms with Crippen molar-refractivity contribution in [1.82, 2.24) is 9.55 Å². The van der Waals surface area contributed by atoms with Crippen molar-refractivity contribution in [1.29, 1.82) is 0 Å². The number of para-hydroxylation sites is 2. The Morgan fingerprint density at radius 2 is 1.78 bits per heavy atom. The minimum absolute atomic E-state index is 0.0586. The monoisotopic (exact) mass is 307 g/mol. The Bertz CT molecular complexity index is 826. The largest absolute Gasteiger partial charge is 0.325 e. The van der Waals surface area contributed by atoms with Gasteiger partial charge in [0.15, 0.2) is 0 Å². The van der Waals surface area contributed by atoms with Crippen LogP contribution in [0.4, 0.5) is 5.69 Å². The maximum Gasteiger partial charge on any atom is 0.244 e. The first kappa shape index (κ1) is 15.3. The molecule has 4 nitrogen and oxygen atoms in total. The summed E-state index contributed by atoms with van der Waals surface area (Å²) in [6.45, 7) is 6.77. The second kappa shape index (κ2) is 5.88. The summed E-state index contributed by atoms with van der Waals surface area (Å²) in [4.78, 5) is 16.5. The zero-order valence-corrected chi connectivity index (χ0v) is 13.7. The van der Waals surface area contributed by atoms with E-state index < -0.39 is 0 Å². The molecule has 1 amide bonds. The number of amides is 1. The first-order valence-corrected chi connectivity index (χ1v) is 7.74. The first-order chi connectivity index (χ1) is 10.9. The molecule has 118 valence electrons. The lowest BCUT2D eigenvalue weighted by atomic mass is 9.87. The summed E-state index contributed by atoms with van der Waals surface area (Å²) in [7, 11) is 0. The Balaban J connectivity index is 1.70. The Kier molecular flexibility index (Phi) is 3.90. The van der Waals surface area contributed by atoms with Gasteiger partial charge in [-0.25, -0.2) is 4.98 Å². The van der Waals surface area contributed by atoms with E-state index in [-0.39, 0.29) is 17.9 Å². The zero-order valence-electron chi connectivity index (χ0n) is 13.7. The van der Waals surface area contributed by atoms with E-state index >= 15 is 0 Å². The van der Waals surface area contributed by atoms with Crippen LogP contribution in [0.1, 0.15) is 26.3 Å². The number of rotatable bonds is 3. The normalized spacial score (nSPS) is 11.6. The van der Waals surface area contributed by atoms with Gasteiger partial charge < -0.3 is 9.88 Å². The van der Waals surface area contributed by atoms with Gasteiger partial charge in [0.1, 0.15) is 6.54 Å². The second-order valence-corrected chi connectivity index (χ2v) is 6.74. The third-order valence-corrected chi connectivity index (χ3v) is 3.88. The first-order valence-electron chi connectivity index (χ1n) is 7.74. The van der Waals surface area contributed by atoms with Gasteiger partial charge in [0.25, 0.3) is 0 Å². The lowest BCUT2D eigenvalue weighted by Crippen LogP contribution is -2.18. The van der Waals surface area contributed by atoms with Gasteiger partial charge in [-0.05, 0) is 35.2 Å². The Labute approximate surface area is 136 Å². The molecule has 0 spiro atoms. The molecule has 0 unspecified atom stereocenters. The van der Waals surface area contributed by atoms with Crippen LogP contribution in [0.2, 0.25) is 0 Å². The van der Waals surface area contributed by atoms with E-state index in [4.69, 9.17) is 0 Å². The van der Waals surface area contributed by atoms with Crippen molar-refractivity contribution in [3.8, 4) is 0 Å². The Morgan fingerprint density at radius 1 is 1.09 bits per heavy atom. The van der Waals surface area contributed by atoms with Crippen molar-refractivity contribution >= 4 is 22.6 Å². The number of benzene rings is 2. The molecule has 1 heterocycles. The van der Waals surface area contributed by atoms with E-state index in [2.05, 4.69) is 43.2 Å². The predicted molar refractivity (Wildman–Crippen MR) is 93.5 cm³/mol. The summed E-state index contributed by atoms with van der Waals surface area (Å²) >= 11 is 0. The van der Waals surface area contributed by atoms with E-state index in [1.165, 1.54) is 5.56 Å². The molecule has 0 aliphatic heterocycles. The van der Waals surface area contributed by atoms with Gasteiger partial charge in [-0.2, -0.15) is 0 Å². The minimum Gasteiger partial charge on any atom is -0.325 e. The Morgan fingerprint density at radius 3 is 2.48 bits per heavy atom. The second-order valence-electron chi connectivity index (χ2n) is 6.74. The van der Waals surface area contributed by atoms with Crippen LogP contribution in [0.5, 0.6) is 0 Å². The fourth-order valence-corrected chi connectivity index (χ4v) is 2.55. The highest BCUT2D eigenvalue weighted by atomic mass is 16.1. The summed E-state index contributed by atoms with van der Waals surface area (Å²) in [5.74, 6) is -0.0586. The number of hydrogen-bond acceptors (Lipinski definition) is 2. The number of nitrogens with zero attached hydrogens (tertiary/aromatic N) is 2. The van der Waals surface area contributed by atoms with Crippen molar-refractivity contribution < 1.29 is 4.79 Å². The molecule has 0 saturated carbocycles. The molecule has 3 rings (SSSR count). The highest BCUT2D eigenvalue weighted by Crippen LogP contribution is 2.23. The number of anilines is 1. The third kappa shape index (κ3) is 3.42. The van der Waals surface area contributed by atoms with Crippen LogP contribution in [0.25, 0.3) is 11.0 Å². The molecule has 0 aliphatic rings. The van der Waals surface area contributed by atoms with E-state index in [1.54, 1.807) is 6.33 Å². The van der Waals surface area contributed by atoms with E-state index in [0.29, 0.717) is 0 Å². The number of carbonyl (C=O) groups excluding carboxylic acids is 1. The molecular weight excluding hydrogens is 286 g/mol. The lowest BCUT2D eigenvalue weighted by molar-refractivity contribution is -0.116. The lowest BCUT2D eigenvalue weighted by Gasteiger charge is -2.19. The third-order valence-electron chi connectivity index (χ3n) is 3.88. The van der Waals surface area contributed by atoms with Crippen LogP contribution >= 0.6 is 0 Å². The topological polar surface area (TPSA) is 46.9 Å². The average Bonchev–Trinajstić information content (AvgIpc) is 2.90. The molecule has 4 heteroatoms. The highest BCUT2D eigenvalue weighted by Gasteiger charge is 2.13. The smallest absolute Gasteiger partial charge is 0.244 e. The molecule has 0 saturated heterocycles. The molecule has 0 aliphatic carbocycles. The van der Waals surface area contributed by atoms with E-state index in [9.17, 15) is 4.79 Å². The fraction of sp³-hybridized carbons (Fsp3) is 0.263. The van der Waals surface area contributed by atoms with Crippen molar-refractivity contribution in [3.63, 3.8) is 0 Å². The van der Waals surface area contributed by atoms with Crippen LogP contribution in [-0.4, -0.2) is 15.5 Å². The number of fused-ring (bicyclic) bond motifs is 1. The van der Waals surface area contributed by atoms with Crippen LogP contribution in [0, 0.1) is 0 Å². The number of imidazole rings is 1. The molecule has 2 aromatic carbocycles. The maximum atomic E-state index is 12.2. The van der Waals surface area contributed by atoms with Gasteiger partial charge in [0.05, 0.1) is 17.4 Å². The summed E-state index contributed by atoms with van der Waals surface area (Å²) in [5, 5.41) is 2.94. The van der Waals surface area contributed by atoms with E-state index in [0.717, 1.165) is 16.7 Å². The summed E-state index contributed by atoms with van der Waals surface area (Å²) < 4.78 is 1.86. The molecule has 1 N–H and O–H groups in total. The van der Waals surface area contributed by atoms with Crippen molar-refractivity contribution in [2.24, 2.45) is 0 Å². The number of aromatic nitrogens is 2. The van der Waals surface area contributed by atoms with Crippen molar-refractivity contribution in [3.05, 3.63) is 60.4 Å². The summed E-state index contributed by atoms with van der Waals surface area (Å²) in [5.41, 5.74) is 4.03. The molecular formula is C19H21N3O. The molecule has 1 aromatic heterocycles. The van der Waals surface area contributed by atoms with Crippen LogP contribution in [0.15, 0.2) is 54.9 Å². The number of nitrogens with one attached hydrogen (secondary N) is 1. The maximum absolute atomic E-state index is 12.2. The van der Waals surface area contributed by atoms with Gasteiger partial charge in [0, 0.05) is 5.69 Å². The highest BCUT2D eigenvalue weighted by molar-refractivity contribution is 5.91. The molecule has 0 bridgehead atoms. The molecule has 0 fully saturated rings. The summed E-state index contributed by atoms with van der Waals surface area (Å²) in [6.07, 6.45) is 1.70. The van der Waals surface area contributed by atoms with Crippen LogP contribution in [0.3, 0.4) is 0 Å². The molecule has 0 radical (unpaired) electrons. The number of carbonyl (C=O) groups is 1. The summed E-state index contributed by atoms with van der Waals surface area (Å²) in [6, 6.07) is 15.8. The molecule has 3 aromatic rings. The standard InChI is InChI=1S/C19H21N3O/c1-19(2,3)14-8-10-15(11-9-14)21-18(23)12-22-13-20-16-6-4-5-7-17(16)22/h4-11,13H,12H2,1-3H3,(H,21,23).